The molecule has 0 aromatic heterocycles. The molecule has 0 saturated carbocycles. The van der Waals surface area contributed by atoms with Crippen molar-refractivity contribution in [3.8, 4) is 0 Å². The van der Waals surface area contributed by atoms with Gasteiger partial charge in [0.05, 0.1) is 13.1 Å². The summed E-state index contributed by atoms with van der Waals surface area (Å²) in [5.74, 6) is -0.388. The van der Waals surface area contributed by atoms with E-state index in [9.17, 15) is 4.79 Å². The van der Waals surface area contributed by atoms with Crippen LogP contribution in [0.25, 0.3) is 0 Å². The van der Waals surface area contributed by atoms with E-state index in [1.165, 1.54) is 0 Å². The monoisotopic (exact) mass is 285 g/mol. The molecule has 0 amide bonds. The van der Waals surface area contributed by atoms with E-state index in [1.807, 2.05) is 60.7 Å². The number of carbonyl (C=O) groups excluding carboxylic acids is 1. The van der Waals surface area contributed by atoms with Crippen LogP contribution < -0.4 is 0 Å². The summed E-state index contributed by atoms with van der Waals surface area (Å²) >= 11 is 0. The van der Waals surface area contributed by atoms with Gasteiger partial charge in [0, 0.05) is 6.42 Å². The summed E-state index contributed by atoms with van der Waals surface area (Å²) in [6.07, 6.45) is 0.282. The first-order chi connectivity index (χ1) is 10.3. The van der Waals surface area contributed by atoms with Gasteiger partial charge in [0.25, 0.3) is 0 Å². The van der Waals surface area contributed by atoms with Crippen LogP contribution in [0.1, 0.15) is 24.5 Å². The number of benzene rings is 2. The first-order valence-corrected chi connectivity index (χ1v) is 6.98. The third kappa shape index (κ3) is 5.38. The highest BCUT2D eigenvalue weighted by Gasteiger charge is 2.11. The van der Waals surface area contributed by atoms with E-state index >= 15 is 0 Å². The van der Waals surface area contributed by atoms with Crippen molar-refractivity contribution >= 4 is 5.97 Å². The van der Waals surface area contributed by atoms with Gasteiger partial charge in [-0.3, -0.25) is 4.89 Å². The summed E-state index contributed by atoms with van der Waals surface area (Å²) in [4.78, 5) is 21.2. The van der Waals surface area contributed by atoms with Crippen LogP contribution in [0.4, 0.5) is 0 Å². The summed E-state index contributed by atoms with van der Waals surface area (Å²) < 4.78 is 0. The van der Waals surface area contributed by atoms with E-state index < -0.39 is 0 Å². The van der Waals surface area contributed by atoms with Gasteiger partial charge in [0.15, 0.2) is 0 Å². The van der Waals surface area contributed by atoms with Crippen molar-refractivity contribution in [1.82, 2.24) is 5.06 Å². The van der Waals surface area contributed by atoms with Crippen molar-refractivity contribution in [3.05, 3.63) is 71.8 Å². The standard InChI is InChI=1S/C17H19NO3/c1-2-17(19)20-21-18(13-15-9-5-3-6-10-15)14-16-11-7-4-8-12-16/h3-12H,2,13-14H2,1H3. The van der Waals surface area contributed by atoms with Gasteiger partial charge in [-0.05, 0) is 11.1 Å². The summed E-state index contributed by atoms with van der Waals surface area (Å²) in [5, 5.41) is 1.62. The quantitative estimate of drug-likeness (QED) is 0.576. The molecule has 0 unspecified atom stereocenters. The molecule has 0 aliphatic heterocycles. The normalized spacial score (nSPS) is 10.6. The lowest BCUT2D eigenvalue weighted by atomic mass is 10.2. The largest absolute Gasteiger partial charge is 0.344 e. The SMILES string of the molecule is CCC(=O)OON(Cc1ccccc1)Cc1ccccc1. The number of hydroxylamine groups is 2. The fourth-order valence-corrected chi connectivity index (χ4v) is 1.84. The third-order valence-corrected chi connectivity index (χ3v) is 2.93. The third-order valence-electron chi connectivity index (χ3n) is 2.93. The minimum atomic E-state index is -0.388. The van der Waals surface area contributed by atoms with Crippen LogP contribution in [0.5, 0.6) is 0 Å². The predicted octanol–water partition coefficient (Wildman–Crippen LogP) is 3.49. The van der Waals surface area contributed by atoms with Crippen molar-refractivity contribution in [2.45, 2.75) is 26.4 Å². The second-order valence-electron chi connectivity index (χ2n) is 4.65. The lowest BCUT2D eigenvalue weighted by Gasteiger charge is -2.19. The Hall–Kier alpha value is -2.17. The Labute approximate surface area is 124 Å². The lowest BCUT2D eigenvalue weighted by molar-refractivity contribution is -0.405. The fraction of sp³-hybridized carbons (Fsp3) is 0.235. The number of nitrogens with zero attached hydrogens (tertiary/aromatic N) is 1. The highest BCUT2D eigenvalue weighted by atomic mass is 17.3. The zero-order chi connectivity index (χ0) is 14.9. The molecule has 0 N–H and O–H groups in total. The second kappa shape index (κ2) is 8.19. The Morgan fingerprint density at radius 2 is 1.38 bits per heavy atom. The summed E-state index contributed by atoms with van der Waals surface area (Å²) in [7, 11) is 0. The van der Waals surface area contributed by atoms with E-state index in [-0.39, 0.29) is 12.4 Å². The smallest absolute Gasteiger partial charge is 0.280 e. The average molecular weight is 285 g/mol. The molecule has 4 heteroatoms. The molecule has 2 aromatic rings. The maximum absolute atomic E-state index is 11.2. The van der Waals surface area contributed by atoms with Crippen molar-refractivity contribution in [1.29, 1.82) is 0 Å². The van der Waals surface area contributed by atoms with Crippen LogP contribution >= 0.6 is 0 Å². The Morgan fingerprint density at radius 3 is 1.81 bits per heavy atom. The fourth-order valence-electron chi connectivity index (χ4n) is 1.84. The minimum absolute atomic E-state index is 0.282. The predicted molar refractivity (Wildman–Crippen MR) is 79.6 cm³/mol. The van der Waals surface area contributed by atoms with Gasteiger partial charge in [0.1, 0.15) is 0 Å². The molecular weight excluding hydrogens is 266 g/mol. The number of rotatable bonds is 7. The summed E-state index contributed by atoms with van der Waals surface area (Å²) in [6.45, 7) is 2.80. The Kier molecular flexibility index (Phi) is 5.94. The minimum Gasteiger partial charge on any atom is -0.280 e. The average Bonchev–Trinajstić information content (AvgIpc) is 2.54. The molecular formula is C17H19NO3. The maximum Gasteiger partial charge on any atom is 0.344 e. The molecule has 21 heavy (non-hydrogen) atoms. The van der Waals surface area contributed by atoms with Crippen LogP contribution in [0.15, 0.2) is 60.7 Å². The zero-order valence-electron chi connectivity index (χ0n) is 12.1. The molecule has 2 rings (SSSR count). The molecule has 0 saturated heterocycles. The Balaban J connectivity index is 2.01. The molecule has 4 nitrogen and oxygen atoms in total. The van der Waals surface area contributed by atoms with Crippen molar-refractivity contribution in [2.24, 2.45) is 0 Å². The second-order valence-corrected chi connectivity index (χ2v) is 4.65. The molecule has 0 radical (unpaired) electrons. The highest BCUT2D eigenvalue weighted by molar-refractivity contribution is 5.68. The Morgan fingerprint density at radius 1 is 0.905 bits per heavy atom. The number of hydrogen-bond donors (Lipinski definition) is 0. The summed E-state index contributed by atoms with van der Waals surface area (Å²) in [5.41, 5.74) is 2.17. The first-order valence-electron chi connectivity index (χ1n) is 6.98. The zero-order valence-corrected chi connectivity index (χ0v) is 12.1. The molecule has 0 aliphatic carbocycles. The van der Waals surface area contributed by atoms with Gasteiger partial charge in [-0.15, -0.1) is 5.06 Å². The van der Waals surface area contributed by atoms with Crippen LogP contribution in [0.2, 0.25) is 0 Å². The first kappa shape index (κ1) is 15.2. The molecule has 0 atom stereocenters. The van der Waals surface area contributed by atoms with Gasteiger partial charge in [-0.25, -0.2) is 4.79 Å². The lowest BCUT2D eigenvalue weighted by Crippen LogP contribution is -2.25. The van der Waals surface area contributed by atoms with Gasteiger partial charge >= 0.3 is 5.97 Å². The van der Waals surface area contributed by atoms with Gasteiger partial charge in [-0.1, -0.05) is 72.6 Å². The maximum atomic E-state index is 11.2. The molecule has 0 heterocycles. The number of carbonyl (C=O) groups is 1. The highest BCUT2D eigenvalue weighted by Crippen LogP contribution is 2.11. The molecule has 0 spiro atoms. The topological polar surface area (TPSA) is 38.8 Å². The van der Waals surface area contributed by atoms with Crippen molar-refractivity contribution < 1.29 is 14.7 Å². The van der Waals surface area contributed by atoms with Crippen molar-refractivity contribution in [3.63, 3.8) is 0 Å². The van der Waals surface area contributed by atoms with Gasteiger partial charge in [-0.2, -0.15) is 0 Å². The Bertz CT molecular complexity index is 501. The van der Waals surface area contributed by atoms with Crippen LogP contribution in [-0.2, 0) is 27.8 Å². The number of hydrogen-bond acceptors (Lipinski definition) is 4. The summed E-state index contributed by atoms with van der Waals surface area (Å²) in [6, 6.07) is 19.8. The molecule has 2 aromatic carbocycles. The molecule has 110 valence electrons. The van der Waals surface area contributed by atoms with E-state index in [2.05, 4.69) is 0 Å². The van der Waals surface area contributed by atoms with Crippen LogP contribution in [-0.4, -0.2) is 11.0 Å². The van der Waals surface area contributed by atoms with E-state index in [0.717, 1.165) is 11.1 Å². The van der Waals surface area contributed by atoms with E-state index in [4.69, 9.17) is 9.88 Å². The molecule has 0 fully saturated rings. The van der Waals surface area contributed by atoms with Gasteiger partial charge < -0.3 is 0 Å². The molecule has 0 aliphatic rings. The molecule has 0 bridgehead atoms. The van der Waals surface area contributed by atoms with Gasteiger partial charge in [0.2, 0.25) is 0 Å². The van der Waals surface area contributed by atoms with E-state index in [1.54, 1.807) is 12.0 Å². The van der Waals surface area contributed by atoms with Crippen molar-refractivity contribution in [2.75, 3.05) is 0 Å². The van der Waals surface area contributed by atoms with Crippen LogP contribution in [0.3, 0.4) is 0 Å². The van der Waals surface area contributed by atoms with E-state index in [0.29, 0.717) is 13.1 Å². The van der Waals surface area contributed by atoms with Crippen LogP contribution in [0, 0.1) is 0 Å².